The molecule has 0 atom stereocenters. The third kappa shape index (κ3) is 2.56. The second-order valence-corrected chi connectivity index (χ2v) is 1.58. The fourth-order valence-electron chi connectivity index (χ4n) is 0.447. The van der Waals surface area contributed by atoms with E-state index in [4.69, 9.17) is 20.4 Å². The van der Waals surface area contributed by atoms with E-state index in [1.54, 1.807) is 0 Å². The highest BCUT2D eigenvalue weighted by Gasteiger charge is 2.09. The van der Waals surface area contributed by atoms with Gasteiger partial charge in [-0.15, -0.1) is 0 Å². The van der Waals surface area contributed by atoms with Crippen LogP contribution in [-0.4, -0.2) is 57.4 Å². The van der Waals surface area contributed by atoms with Crippen LogP contribution < -0.4 is 0 Å². The van der Waals surface area contributed by atoms with E-state index >= 15 is 0 Å². The molecule has 0 heterocycles. The van der Waals surface area contributed by atoms with Crippen molar-refractivity contribution in [3.63, 3.8) is 0 Å². The Morgan fingerprint density at radius 1 is 0.600 bits per heavy atom. The van der Waals surface area contributed by atoms with Gasteiger partial charge in [-0.25, -0.2) is 0 Å². The molecule has 10 heavy (non-hydrogen) atoms. The largest absolute Gasteiger partial charge is 0.380 e. The first kappa shape index (κ1) is 9.76. The van der Waals surface area contributed by atoms with E-state index in [1.165, 1.54) is 0 Å². The minimum absolute atomic E-state index is 0.447. The van der Waals surface area contributed by atoms with E-state index in [0.717, 1.165) is 10.0 Å². The Kier molecular flexibility index (Phi) is 5.40. The van der Waals surface area contributed by atoms with Gasteiger partial charge in [0.2, 0.25) is 0 Å². The smallest absolute Gasteiger partial charge is 0.111 e. The molecule has 0 aromatic rings. The SMILES string of the molecule is OCN(CO)N(CO)CO. The average molecular weight is 152 g/mol. The minimum Gasteiger partial charge on any atom is -0.380 e. The van der Waals surface area contributed by atoms with Crippen molar-refractivity contribution < 1.29 is 20.4 Å². The van der Waals surface area contributed by atoms with Crippen LogP contribution in [0.25, 0.3) is 0 Å². The molecule has 0 saturated heterocycles. The summed E-state index contributed by atoms with van der Waals surface area (Å²) in [6.45, 7) is -1.79. The summed E-state index contributed by atoms with van der Waals surface area (Å²) in [5, 5.41) is 35.8. The maximum absolute atomic E-state index is 8.46. The summed E-state index contributed by atoms with van der Waals surface area (Å²) >= 11 is 0. The fourth-order valence-corrected chi connectivity index (χ4v) is 0.447. The van der Waals surface area contributed by atoms with Crippen molar-refractivity contribution in [2.45, 2.75) is 0 Å². The van der Waals surface area contributed by atoms with Crippen LogP contribution in [0.1, 0.15) is 0 Å². The normalized spacial score (nSPS) is 11.4. The van der Waals surface area contributed by atoms with Crippen LogP contribution in [0, 0.1) is 0 Å². The minimum atomic E-state index is -0.447. The zero-order valence-electron chi connectivity index (χ0n) is 5.51. The molecule has 6 heteroatoms. The Morgan fingerprint density at radius 2 is 0.800 bits per heavy atom. The van der Waals surface area contributed by atoms with Gasteiger partial charge in [-0.1, -0.05) is 0 Å². The van der Waals surface area contributed by atoms with E-state index < -0.39 is 26.9 Å². The van der Waals surface area contributed by atoms with Crippen LogP contribution in [0.4, 0.5) is 0 Å². The van der Waals surface area contributed by atoms with Gasteiger partial charge < -0.3 is 20.4 Å². The summed E-state index contributed by atoms with van der Waals surface area (Å²) < 4.78 is 0. The molecule has 0 aliphatic rings. The van der Waals surface area contributed by atoms with Gasteiger partial charge in [0, 0.05) is 0 Å². The van der Waals surface area contributed by atoms with Gasteiger partial charge in [0.15, 0.2) is 0 Å². The van der Waals surface area contributed by atoms with E-state index in [-0.39, 0.29) is 0 Å². The van der Waals surface area contributed by atoms with E-state index in [0.29, 0.717) is 0 Å². The number of rotatable bonds is 5. The van der Waals surface area contributed by atoms with Crippen molar-refractivity contribution in [1.29, 1.82) is 0 Å². The summed E-state index contributed by atoms with van der Waals surface area (Å²) in [5.41, 5.74) is 0. The number of hydrogen-bond acceptors (Lipinski definition) is 6. The van der Waals surface area contributed by atoms with Gasteiger partial charge in [0.1, 0.15) is 26.9 Å². The van der Waals surface area contributed by atoms with E-state index in [1.807, 2.05) is 0 Å². The van der Waals surface area contributed by atoms with E-state index in [2.05, 4.69) is 0 Å². The molecule has 0 rings (SSSR count). The molecule has 0 bridgehead atoms. The zero-order chi connectivity index (χ0) is 7.98. The summed E-state index contributed by atoms with van der Waals surface area (Å²) in [7, 11) is 0. The van der Waals surface area contributed by atoms with Gasteiger partial charge in [-0.05, 0) is 0 Å². The molecule has 0 amide bonds. The number of aliphatic hydroxyl groups excluding tert-OH is 4. The Bertz CT molecular complexity index is 63.7. The highest BCUT2D eigenvalue weighted by Crippen LogP contribution is 1.90. The van der Waals surface area contributed by atoms with Gasteiger partial charge >= 0.3 is 0 Å². The molecule has 0 spiro atoms. The van der Waals surface area contributed by atoms with Crippen molar-refractivity contribution in [3.05, 3.63) is 0 Å². The summed E-state index contributed by atoms with van der Waals surface area (Å²) in [5.74, 6) is 0. The van der Waals surface area contributed by atoms with Crippen molar-refractivity contribution in [2.24, 2.45) is 0 Å². The third-order valence-electron chi connectivity index (χ3n) is 1.05. The number of hydrogen-bond donors (Lipinski definition) is 4. The predicted molar refractivity (Wildman–Crippen MR) is 32.0 cm³/mol. The standard InChI is InChI=1S/C4H12N2O4/c7-1-5(2-8)6(3-9)4-10/h7-10H,1-4H2. The highest BCUT2D eigenvalue weighted by molar-refractivity contribution is 4.36. The fraction of sp³-hybridized carbons (Fsp3) is 1.00. The second kappa shape index (κ2) is 5.54. The van der Waals surface area contributed by atoms with Crippen LogP contribution in [0.15, 0.2) is 0 Å². The van der Waals surface area contributed by atoms with Crippen molar-refractivity contribution in [2.75, 3.05) is 26.9 Å². The van der Waals surface area contributed by atoms with Gasteiger partial charge in [-0.3, -0.25) is 0 Å². The van der Waals surface area contributed by atoms with Gasteiger partial charge in [-0.2, -0.15) is 10.0 Å². The van der Waals surface area contributed by atoms with Crippen molar-refractivity contribution in [3.8, 4) is 0 Å². The Labute approximate surface area is 58.5 Å². The lowest BCUT2D eigenvalue weighted by atomic mass is 10.9. The van der Waals surface area contributed by atoms with Crippen molar-refractivity contribution in [1.82, 2.24) is 10.0 Å². The first-order valence-electron chi connectivity index (χ1n) is 2.73. The topological polar surface area (TPSA) is 87.4 Å². The van der Waals surface area contributed by atoms with Gasteiger partial charge in [0.05, 0.1) is 0 Å². The number of aliphatic hydroxyl groups is 4. The quantitative estimate of drug-likeness (QED) is 0.253. The molecular formula is C4H12N2O4. The summed E-state index contributed by atoms with van der Waals surface area (Å²) in [6, 6.07) is 0. The second-order valence-electron chi connectivity index (χ2n) is 1.58. The van der Waals surface area contributed by atoms with Crippen LogP contribution in [0.3, 0.4) is 0 Å². The highest BCUT2D eigenvalue weighted by atomic mass is 16.4. The molecular weight excluding hydrogens is 140 g/mol. The lowest BCUT2D eigenvalue weighted by Crippen LogP contribution is -2.44. The molecule has 0 radical (unpaired) electrons. The first-order chi connectivity index (χ1) is 4.79. The van der Waals surface area contributed by atoms with Crippen LogP contribution >= 0.6 is 0 Å². The maximum atomic E-state index is 8.46. The molecule has 6 nitrogen and oxygen atoms in total. The lowest BCUT2D eigenvalue weighted by Gasteiger charge is -2.27. The molecule has 0 aliphatic carbocycles. The molecule has 62 valence electrons. The molecule has 0 aromatic heterocycles. The first-order valence-corrected chi connectivity index (χ1v) is 2.73. The number of nitrogens with zero attached hydrogens (tertiary/aromatic N) is 2. The third-order valence-corrected chi connectivity index (χ3v) is 1.05. The monoisotopic (exact) mass is 152 g/mol. The Balaban J connectivity index is 3.70. The molecule has 4 N–H and O–H groups in total. The molecule has 0 aliphatic heterocycles. The molecule has 0 aromatic carbocycles. The van der Waals surface area contributed by atoms with Crippen molar-refractivity contribution >= 4 is 0 Å². The lowest BCUT2D eigenvalue weighted by molar-refractivity contribution is -0.186. The van der Waals surface area contributed by atoms with E-state index in [9.17, 15) is 0 Å². The van der Waals surface area contributed by atoms with Gasteiger partial charge in [0.25, 0.3) is 0 Å². The zero-order valence-corrected chi connectivity index (χ0v) is 5.51. The number of hydrazine groups is 1. The Morgan fingerprint density at radius 3 is 0.900 bits per heavy atom. The molecule has 0 unspecified atom stereocenters. The van der Waals surface area contributed by atoms with Crippen LogP contribution in [0.2, 0.25) is 0 Å². The average Bonchev–Trinajstić information content (AvgIpc) is 2.00. The predicted octanol–water partition coefficient (Wildman–Crippen LogP) is -2.70. The maximum Gasteiger partial charge on any atom is 0.111 e. The van der Waals surface area contributed by atoms with Crippen LogP contribution in [-0.2, 0) is 0 Å². The molecule has 0 fully saturated rings. The van der Waals surface area contributed by atoms with Crippen LogP contribution in [0.5, 0.6) is 0 Å². The summed E-state index contributed by atoms with van der Waals surface area (Å²) in [4.78, 5) is 0. The molecule has 0 saturated carbocycles. The summed E-state index contributed by atoms with van der Waals surface area (Å²) in [6.07, 6.45) is 0. The Hall–Kier alpha value is -0.240.